The topological polar surface area (TPSA) is 6.48 Å². The van der Waals surface area contributed by atoms with E-state index in [1.165, 1.54) is 0 Å². The number of benzene rings is 4. The van der Waals surface area contributed by atoms with E-state index in [9.17, 15) is 0 Å². The molecule has 0 fully saturated rings. The van der Waals surface area contributed by atoms with E-state index in [0.29, 0.717) is 0 Å². The summed E-state index contributed by atoms with van der Waals surface area (Å²) in [4.78, 5) is 4.37. The van der Waals surface area contributed by atoms with Crippen LogP contribution in [0.2, 0.25) is 0 Å². The number of hydrogen-bond acceptors (Lipinski definition) is 2. The molecule has 8 heteroatoms. The fourth-order valence-corrected chi connectivity index (χ4v) is 4.39. The van der Waals surface area contributed by atoms with Crippen molar-refractivity contribution in [3.05, 3.63) is 121 Å². The third-order valence-corrected chi connectivity index (χ3v) is 5.78. The maximum absolute atomic E-state index is 3.25. The second-order valence-corrected chi connectivity index (χ2v) is 8.71. The summed E-state index contributed by atoms with van der Waals surface area (Å²) in [5.74, 6) is 0. The maximum Gasteiger partial charge on any atom is 2.00 e. The zero-order chi connectivity index (χ0) is 23.7. The summed E-state index contributed by atoms with van der Waals surface area (Å²) in [6.45, 7) is 4.00. The van der Waals surface area contributed by atoms with Gasteiger partial charge in [-0.05, 0) is 0 Å². The van der Waals surface area contributed by atoms with Gasteiger partial charge in [-0.25, -0.2) is 0 Å². The number of nitrogens with zero attached hydrogens (tertiary/aromatic N) is 2. The third-order valence-electron chi connectivity index (χ3n) is 4.37. The first kappa shape index (κ1) is 38.0. The SMILES string of the molecule is CC.PCN(c1[c-]cccc1)c1[c-]cccc1.PPCN(c1[c-]cccc1)c1[c-]cccc1.[W+2].[W+2].[W]. The van der Waals surface area contributed by atoms with Crippen LogP contribution in [0.5, 0.6) is 0 Å². The van der Waals surface area contributed by atoms with Gasteiger partial charge in [0.15, 0.2) is 0 Å². The molecule has 0 N–H and O–H groups in total. The van der Waals surface area contributed by atoms with Gasteiger partial charge < -0.3 is 9.80 Å². The van der Waals surface area contributed by atoms with Crippen LogP contribution in [0, 0.1) is 24.3 Å². The normalized spacial score (nSPS) is 9.11. The van der Waals surface area contributed by atoms with Crippen molar-refractivity contribution in [3.8, 4) is 0 Å². The predicted octanol–water partition coefficient (Wildman–Crippen LogP) is 8.13. The summed E-state index contributed by atoms with van der Waals surface area (Å²) < 4.78 is 0. The van der Waals surface area contributed by atoms with Crippen LogP contribution >= 0.6 is 26.4 Å². The summed E-state index contributed by atoms with van der Waals surface area (Å²) in [6.07, 6.45) is 1.81. The fourth-order valence-electron chi connectivity index (χ4n) is 2.92. The molecular weight excluding hydrogens is 1010 g/mol. The molecular formula is C28H31N2P3W3. The van der Waals surface area contributed by atoms with Gasteiger partial charge in [-0.15, -0.1) is 42.4 Å². The van der Waals surface area contributed by atoms with Gasteiger partial charge in [0.25, 0.3) is 0 Å². The average Bonchev–Trinajstić information content (AvgIpc) is 2.91. The molecule has 0 heterocycles. The monoisotopic (exact) mass is 1040 g/mol. The molecule has 0 aliphatic rings. The first-order valence-corrected chi connectivity index (χ1v) is 14.7. The number of para-hydroxylation sites is 4. The van der Waals surface area contributed by atoms with E-state index in [1.807, 2.05) is 98.8 Å². The van der Waals surface area contributed by atoms with E-state index in [0.717, 1.165) is 43.6 Å². The Morgan fingerprint density at radius 2 is 0.917 bits per heavy atom. The quantitative estimate of drug-likeness (QED) is 0.137. The standard InChI is InChI=1S/C13H13NP2.C13H12NP.C2H6.3W/c15-16-11-14(12-7-3-1-4-8-12)13-9-5-2-6-10-13;15-11-14(12-7-3-1-4-8-12)13-9-5-2-6-10-13;1-2;;;/h1-7,9,16H,11,15H2;1-7,9H,11,15H2;1-2H3;;;/q2*-2;;;2*+2. The Morgan fingerprint density at radius 3 is 1.14 bits per heavy atom. The van der Waals surface area contributed by atoms with E-state index in [4.69, 9.17) is 0 Å². The van der Waals surface area contributed by atoms with Gasteiger partial charge in [-0.1, -0.05) is 44.9 Å². The van der Waals surface area contributed by atoms with Crippen LogP contribution in [0.3, 0.4) is 0 Å². The molecule has 0 bridgehead atoms. The zero-order valence-corrected chi connectivity index (χ0v) is 32.5. The molecule has 3 unspecified atom stereocenters. The first-order valence-electron chi connectivity index (χ1n) is 10.9. The molecule has 36 heavy (non-hydrogen) atoms. The van der Waals surface area contributed by atoms with Gasteiger partial charge in [0.05, 0.1) is 0 Å². The molecule has 4 rings (SSSR count). The largest absolute Gasteiger partial charge is 2.00 e. The zero-order valence-electron chi connectivity index (χ0n) is 20.4. The van der Waals surface area contributed by atoms with Crippen molar-refractivity contribution in [1.82, 2.24) is 0 Å². The second kappa shape index (κ2) is 23.9. The summed E-state index contributed by atoms with van der Waals surface area (Å²) in [5.41, 5.74) is 4.32. The average molecular weight is 1040 g/mol. The van der Waals surface area contributed by atoms with Gasteiger partial charge >= 0.3 is 42.1 Å². The molecule has 0 amide bonds. The van der Waals surface area contributed by atoms with Crippen molar-refractivity contribution in [2.24, 2.45) is 0 Å². The molecule has 3 atom stereocenters. The number of anilines is 4. The van der Waals surface area contributed by atoms with Crippen LogP contribution in [0.15, 0.2) is 97.1 Å². The maximum atomic E-state index is 3.25. The Hall–Kier alpha value is -0.165. The summed E-state index contributed by atoms with van der Waals surface area (Å²) in [6, 6.07) is 44.9. The Morgan fingerprint density at radius 1 is 0.611 bits per heavy atom. The smallest absolute Gasteiger partial charge is 0.384 e. The molecule has 0 aromatic heterocycles. The molecule has 0 aliphatic carbocycles. The number of rotatable bonds is 7. The van der Waals surface area contributed by atoms with Gasteiger partial charge in [-0.2, -0.15) is 97.1 Å². The molecule has 0 radical (unpaired) electrons. The van der Waals surface area contributed by atoms with Crippen LogP contribution in [0.1, 0.15) is 13.8 Å². The van der Waals surface area contributed by atoms with E-state index in [-0.39, 0.29) is 63.2 Å². The molecule has 2 nitrogen and oxygen atoms in total. The van der Waals surface area contributed by atoms with Crippen molar-refractivity contribution in [1.29, 1.82) is 0 Å². The van der Waals surface area contributed by atoms with Gasteiger partial charge in [0.1, 0.15) is 0 Å². The van der Waals surface area contributed by atoms with Crippen LogP contribution in [0.25, 0.3) is 0 Å². The third kappa shape index (κ3) is 13.1. The van der Waals surface area contributed by atoms with Gasteiger partial charge in [0.2, 0.25) is 0 Å². The summed E-state index contributed by atoms with van der Waals surface area (Å²) in [5, 5.41) is 0. The fraction of sp³-hybridized carbons (Fsp3) is 0.143. The minimum Gasteiger partial charge on any atom is -0.384 e. The molecule has 186 valence electrons. The van der Waals surface area contributed by atoms with Gasteiger partial charge in [-0.3, -0.25) is 0 Å². The van der Waals surface area contributed by atoms with Crippen molar-refractivity contribution >= 4 is 49.2 Å². The Balaban J connectivity index is 0. The minimum atomic E-state index is 0. The van der Waals surface area contributed by atoms with Crippen molar-refractivity contribution in [2.45, 2.75) is 13.8 Å². The summed E-state index contributed by atoms with van der Waals surface area (Å²) in [7, 11) is 6.30. The molecule has 4 aromatic rings. The Bertz CT molecular complexity index is 920. The molecule has 0 aliphatic heterocycles. The van der Waals surface area contributed by atoms with E-state index in [2.05, 4.69) is 64.4 Å². The Labute approximate surface area is 267 Å². The first-order chi connectivity index (χ1) is 16.3. The number of hydrogen-bond donors (Lipinski definition) is 0. The molecule has 0 spiro atoms. The minimum absolute atomic E-state index is 0. The van der Waals surface area contributed by atoms with Crippen molar-refractivity contribution < 1.29 is 63.2 Å². The van der Waals surface area contributed by atoms with E-state index in [1.54, 1.807) is 0 Å². The second-order valence-electron chi connectivity index (χ2n) is 6.39. The van der Waals surface area contributed by atoms with Crippen LogP contribution < -0.4 is 9.80 Å². The van der Waals surface area contributed by atoms with Crippen molar-refractivity contribution in [2.75, 3.05) is 22.4 Å². The molecule has 0 saturated carbocycles. The molecule has 0 saturated heterocycles. The molecule has 4 aromatic carbocycles. The van der Waals surface area contributed by atoms with E-state index < -0.39 is 0 Å². The predicted molar refractivity (Wildman–Crippen MR) is 154 cm³/mol. The van der Waals surface area contributed by atoms with Crippen LogP contribution in [-0.2, 0) is 63.2 Å². The van der Waals surface area contributed by atoms with Gasteiger partial charge in [0, 0.05) is 33.6 Å². The van der Waals surface area contributed by atoms with Crippen molar-refractivity contribution in [3.63, 3.8) is 0 Å². The van der Waals surface area contributed by atoms with Crippen LogP contribution in [-0.4, -0.2) is 12.6 Å². The van der Waals surface area contributed by atoms with Crippen LogP contribution in [0.4, 0.5) is 22.7 Å². The van der Waals surface area contributed by atoms with E-state index >= 15 is 0 Å². The Kier molecular flexibility index (Phi) is 25.2. The summed E-state index contributed by atoms with van der Waals surface area (Å²) >= 11 is 0.